The van der Waals surface area contributed by atoms with Crippen molar-refractivity contribution >= 4 is 17.1 Å². The average molecular weight is 520 g/mol. The zero-order chi connectivity index (χ0) is 26.7. The van der Waals surface area contributed by atoms with Gasteiger partial charge in [0.25, 0.3) is 0 Å². The van der Waals surface area contributed by atoms with Crippen molar-refractivity contribution in [2.45, 2.75) is 88.1 Å². The molecule has 5 heteroatoms. The van der Waals surface area contributed by atoms with Crippen molar-refractivity contribution in [1.82, 2.24) is 0 Å². The van der Waals surface area contributed by atoms with Crippen LogP contribution in [0.25, 0.3) is 0 Å². The normalized spacial score (nSPS) is 23.2. The molecule has 0 atom stereocenters. The largest absolute Gasteiger partial charge is 0.416 e. The molecule has 2 aliphatic carbocycles. The fraction of sp³-hybridized carbons (Fsp3) is 0.485. The van der Waals surface area contributed by atoms with Gasteiger partial charge in [-0.25, -0.2) is 0 Å². The summed E-state index contributed by atoms with van der Waals surface area (Å²) in [5.41, 5.74) is 7.49. The standard InChI is InChI=1S/C33H38F3N2/c1-23-13-15-27-25(21-23)31(17-6-4-7-18-31)29(37(27)2)11-10-12-30-32(19-8-5-9-20-32)26-22-24(33(34,35)36)14-16-28(26)38(30)3/h10-16,21-22H,4-9,17-20H2,1-3H3/q+1. The lowest BCUT2D eigenvalue weighted by atomic mass is 9.67. The molecule has 4 aliphatic rings. The molecule has 0 amide bonds. The summed E-state index contributed by atoms with van der Waals surface area (Å²) in [7, 11) is 4.20. The molecule has 2 nitrogen and oxygen atoms in total. The van der Waals surface area contributed by atoms with Crippen LogP contribution in [0.2, 0.25) is 0 Å². The molecule has 0 N–H and O–H groups in total. The fourth-order valence-corrected chi connectivity index (χ4v) is 8.03. The monoisotopic (exact) mass is 519 g/mol. The van der Waals surface area contributed by atoms with Gasteiger partial charge in [0.1, 0.15) is 7.05 Å². The van der Waals surface area contributed by atoms with Crippen LogP contribution in [-0.4, -0.2) is 24.4 Å². The van der Waals surface area contributed by atoms with Crippen molar-refractivity contribution in [3.05, 3.63) is 82.6 Å². The lowest BCUT2D eigenvalue weighted by Crippen LogP contribution is -2.36. The number of halogens is 3. The Labute approximate surface area is 224 Å². The van der Waals surface area contributed by atoms with Crippen molar-refractivity contribution in [3.8, 4) is 0 Å². The summed E-state index contributed by atoms with van der Waals surface area (Å²) in [6, 6.07) is 11.2. The summed E-state index contributed by atoms with van der Waals surface area (Å²) < 4.78 is 43.2. The number of rotatable bonds is 2. The summed E-state index contributed by atoms with van der Waals surface area (Å²) in [5.74, 6) is 0. The predicted octanol–water partition coefficient (Wildman–Crippen LogP) is 8.74. The Morgan fingerprint density at radius 2 is 1.50 bits per heavy atom. The van der Waals surface area contributed by atoms with E-state index < -0.39 is 11.7 Å². The number of aryl methyl sites for hydroxylation is 1. The quantitative estimate of drug-likeness (QED) is 0.360. The third kappa shape index (κ3) is 3.79. The zero-order valence-electron chi connectivity index (χ0n) is 22.8. The third-order valence-electron chi connectivity index (χ3n) is 9.86. The van der Waals surface area contributed by atoms with Gasteiger partial charge in [0.15, 0.2) is 5.71 Å². The molecule has 0 unspecified atom stereocenters. The molecule has 38 heavy (non-hydrogen) atoms. The molecule has 6 rings (SSSR count). The van der Waals surface area contributed by atoms with Gasteiger partial charge in [0, 0.05) is 41.6 Å². The summed E-state index contributed by atoms with van der Waals surface area (Å²) in [6.07, 6.45) is 13.5. The van der Waals surface area contributed by atoms with E-state index in [1.165, 1.54) is 66.7 Å². The Morgan fingerprint density at radius 3 is 2.16 bits per heavy atom. The van der Waals surface area contributed by atoms with Gasteiger partial charge in [-0.2, -0.15) is 17.7 Å². The SMILES string of the molecule is Cc1ccc2c(c1)C1(CCCCC1)C(=CC=CC1=[N+](C)c3ccc(C(F)(F)F)cc3C13CCCCC3)N2C. The van der Waals surface area contributed by atoms with Gasteiger partial charge in [0.05, 0.1) is 11.0 Å². The zero-order valence-corrected chi connectivity index (χ0v) is 22.8. The van der Waals surface area contributed by atoms with Gasteiger partial charge in [0.2, 0.25) is 5.69 Å². The Bertz CT molecular complexity index is 1350. The van der Waals surface area contributed by atoms with E-state index in [-0.39, 0.29) is 10.8 Å². The van der Waals surface area contributed by atoms with Crippen LogP contribution >= 0.6 is 0 Å². The van der Waals surface area contributed by atoms with Gasteiger partial charge in [-0.1, -0.05) is 62.3 Å². The number of alkyl halides is 3. The van der Waals surface area contributed by atoms with E-state index in [0.717, 1.165) is 49.1 Å². The number of anilines is 1. The highest BCUT2D eigenvalue weighted by molar-refractivity contribution is 6.04. The first kappa shape index (κ1) is 25.5. The topological polar surface area (TPSA) is 6.25 Å². The molecule has 2 aliphatic heterocycles. The van der Waals surface area contributed by atoms with Crippen molar-refractivity contribution in [3.63, 3.8) is 0 Å². The molecular weight excluding hydrogens is 481 g/mol. The lowest BCUT2D eigenvalue weighted by molar-refractivity contribution is -0.401. The molecule has 0 aromatic heterocycles. The van der Waals surface area contributed by atoms with E-state index >= 15 is 0 Å². The molecule has 2 aromatic carbocycles. The second-order valence-electron chi connectivity index (χ2n) is 12.0. The van der Waals surface area contributed by atoms with Crippen molar-refractivity contribution in [2.24, 2.45) is 0 Å². The van der Waals surface area contributed by atoms with Crippen molar-refractivity contribution < 1.29 is 17.7 Å². The first-order chi connectivity index (χ1) is 18.2. The maximum absolute atomic E-state index is 13.7. The summed E-state index contributed by atoms with van der Waals surface area (Å²) in [6.45, 7) is 2.18. The molecule has 0 radical (unpaired) electrons. The molecule has 2 saturated carbocycles. The minimum Gasteiger partial charge on any atom is -0.347 e. The van der Waals surface area contributed by atoms with E-state index in [1.807, 2.05) is 7.05 Å². The van der Waals surface area contributed by atoms with Crippen LogP contribution in [0.5, 0.6) is 0 Å². The highest BCUT2D eigenvalue weighted by atomic mass is 19.4. The van der Waals surface area contributed by atoms with Gasteiger partial charge in [-0.15, -0.1) is 0 Å². The molecular formula is C33H38F3N2+. The molecule has 2 aromatic rings. The van der Waals surface area contributed by atoms with Gasteiger partial charge in [-0.05, 0) is 62.4 Å². The first-order valence-corrected chi connectivity index (χ1v) is 14.2. The van der Waals surface area contributed by atoms with E-state index in [9.17, 15) is 13.2 Å². The second-order valence-corrected chi connectivity index (χ2v) is 12.0. The van der Waals surface area contributed by atoms with Crippen LogP contribution < -0.4 is 4.90 Å². The van der Waals surface area contributed by atoms with E-state index in [2.05, 4.69) is 59.9 Å². The molecule has 2 fully saturated rings. The van der Waals surface area contributed by atoms with Crippen LogP contribution in [0.15, 0.2) is 60.3 Å². The number of hydrogen-bond acceptors (Lipinski definition) is 1. The van der Waals surface area contributed by atoms with Crippen LogP contribution in [-0.2, 0) is 17.0 Å². The predicted molar refractivity (Wildman–Crippen MR) is 149 cm³/mol. The maximum Gasteiger partial charge on any atom is 0.416 e. The highest BCUT2D eigenvalue weighted by Gasteiger charge is 2.51. The van der Waals surface area contributed by atoms with Crippen LogP contribution in [0.4, 0.5) is 24.5 Å². The van der Waals surface area contributed by atoms with Gasteiger partial charge >= 0.3 is 6.18 Å². The summed E-state index contributed by atoms with van der Waals surface area (Å²) >= 11 is 0. The number of nitrogens with zero attached hydrogens (tertiary/aromatic N) is 2. The summed E-state index contributed by atoms with van der Waals surface area (Å²) in [4.78, 5) is 2.37. The minimum absolute atomic E-state index is 0.0536. The van der Waals surface area contributed by atoms with Crippen molar-refractivity contribution in [2.75, 3.05) is 19.0 Å². The van der Waals surface area contributed by atoms with E-state index in [0.29, 0.717) is 0 Å². The smallest absolute Gasteiger partial charge is 0.347 e. The molecule has 0 saturated heterocycles. The second kappa shape index (κ2) is 9.14. The van der Waals surface area contributed by atoms with Crippen LogP contribution in [0.1, 0.15) is 86.5 Å². The van der Waals surface area contributed by atoms with Gasteiger partial charge in [-0.3, -0.25) is 0 Å². The molecule has 0 bridgehead atoms. The van der Waals surface area contributed by atoms with Gasteiger partial charge < -0.3 is 4.90 Å². The first-order valence-electron chi connectivity index (χ1n) is 14.2. The molecule has 200 valence electrons. The number of fused-ring (bicyclic) bond motifs is 4. The van der Waals surface area contributed by atoms with Crippen LogP contribution in [0.3, 0.4) is 0 Å². The summed E-state index contributed by atoms with van der Waals surface area (Å²) in [5, 5.41) is 0. The van der Waals surface area contributed by atoms with Crippen LogP contribution in [0, 0.1) is 6.92 Å². The Morgan fingerprint density at radius 1 is 0.842 bits per heavy atom. The number of benzene rings is 2. The number of hydrogen-bond donors (Lipinski definition) is 0. The Balaban J connectivity index is 1.42. The third-order valence-corrected chi connectivity index (χ3v) is 9.86. The number of likely N-dealkylation sites (N-methyl/N-ethyl adjacent to an activating group) is 1. The van der Waals surface area contributed by atoms with E-state index in [1.54, 1.807) is 6.07 Å². The highest BCUT2D eigenvalue weighted by Crippen LogP contribution is 2.55. The molecule has 2 spiro atoms. The minimum atomic E-state index is -4.33. The van der Waals surface area contributed by atoms with E-state index in [4.69, 9.17) is 0 Å². The van der Waals surface area contributed by atoms with Crippen molar-refractivity contribution in [1.29, 1.82) is 0 Å². The Hall–Kier alpha value is -2.82. The molecule has 2 heterocycles. The maximum atomic E-state index is 13.7. The average Bonchev–Trinajstić information content (AvgIpc) is 3.25. The fourth-order valence-electron chi connectivity index (χ4n) is 8.03. The lowest BCUT2D eigenvalue weighted by Gasteiger charge is -2.36. The number of allylic oxidation sites excluding steroid dienone is 4. The Kier molecular flexibility index (Phi) is 6.12.